The second-order valence-electron chi connectivity index (χ2n) is 6.91. The van der Waals surface area contributed by atoms with Crippen LogP contribution in [0.15, 0.2) is 60.9 Å². The summed E-state index contributed by atoms with van der Waals surface area (Å²) in [4.78, 5) is 7.30. The van der Waals surface area contributed by atoms with Crippen molar-refractivity contribution in [1.29, 1.82) is 0 Å². The summed E-state index contributed by atoms with van der Waals surface area (Å²) in [5.74, 6) is 0.364. The van der Waals surface area contributed by atoms with Crippen molar-refractivity contribution in [2.45, 2.75) is 13.1 Å². The molecule has 0 aliphatic carbocycles. The van der Waals surface area contributed by atoms with E-state index in [0.717, 1.165) is 28.9 Å². The first-order valence-corrected chi connectivity index (χ1v) is 9.15. The predicted molar refractivity (Wildman–Crippen MR) is 111 cm³/mol. The summed E-state index contributed by atoms with van der Waals surface area (Å²) in [5.41, 5.74) is 3.16. The molecule has 0 bridgehead atoms. The van der Waals surface area contributed by atoms with E-state index in [0.29, 0.717) is 22.3 Å². The van der Waals surface area contributed by atoms with E-state index in [9.17, 15) is 17.6 Å². The molecule has 0 aliphatic heterocycles. The van der Waals surface area contributed by atoms with Gasteiger partial charge < -0.3 is 10.3 Å². The van der Waals surface area contributed by atoms with Gasteiger partial charge in [-0.25, -0.2) is 9.37 Å². The summed E-state index contributed by atoms with van der Waals surface area (Å²) >= 11 is 0. The molecule has 0 atom stereocenters. The van der Waals surface area contributed by atoms with Crippen LogP contribution in [-0.2, 0) is 6.18 Å². The minimum absolute atomic E-state index is 0.296. The van der Waals surface area contributed by atoms with Crippen LogP contribution in [0.5, 0.6) is 0 Å². The Balaban J connectivity index is 1.49. The lowest BCUT2D eigenvalue weighted by atomic mass is 10.1. The van der Waals surface area contributed by atoms with Crippen LogP contribution in [0.2, 0.25) is 0 Å². The smallest absolute Gasteiger partial charge is 0.358 e. The lowest BCUT2D eigenvalue weighted by Crippen LogP contribution is -2.03. The van der Waals surface area contributed by atoms with Gasteiger partial charge in [0, 0.05) is 23.5 Å². The maximum atomic E-state index is 13.6. The van der Waals surface area contributed by atoms with E-state index in [1.165, 1.54) is 18.3 Å². The third-order valence-corrected chi connectivity index (χ3v) is 4.70. The Hall–Kier alpha value is -3.61. The van der Waals surface area contributed by atoms with Crippen LogP contribution >= 0.6 is 0 Å². The molecule has 30 heavy (non-hydrogen) atoms. The number of fused-ring (bicyclic) bond motifs is 1. The number of pyridine rings is 1. The van der Waals surface area contributed by atoms with E-state index in [2.05, 4.69) is 15.3 Å². The van der Waals surface area contributed by atoms with Gasteiger partial charge in [0.2, 0.25) is 0 Å². The number of alkyl halides is 3. The summed E-state index contributed by atoms with van der Waals surface area (Å²) in [5, 5.41) is 3.73. The molecule has 0 aliphatic rings. The van der Waals surface area contributed by atoms with Gasteiger partial charge in [-0.2, -0.15) is 13.2 Å². The molecule has 0 fully saturated rings. The SMILES string of the molecule is Cc1cc(/C=C/c2ccc(C(F)(F)F)cc2)cnc1Nc1ccc2c(F)c[nH]c2c1. The largest absolute Gasteiger partial charge is 0.416 e. The molecule has 152 valence electrons. The Labute approximate surface area is 170 Å². The second-order valence-corrected chi connectivity index (χ2v) is 6.91. The van der Waals surface area contributed by atoms with Crippen LogP contribution in [0.1, 0.15) is 22.3 Å². The van der Waals surface area contributed by atoms with Crippen molar-refractivity contribution in [1.82, 2.24) is 9.97 Å². The average Bonchev–Trinajstić information content (AvgIpc) is 3.08. The monoisotopic (exact) mass is 411 g/mol. The van der Waals surface area contributed by atoms with Crippen molar-refractivity contribution < 1.29 is 17.6 Å². The minimum atomic E-state index is -4.34. The number of rotatable bonds is 4. The standard InChI is InChI=1S/C23H17F4N3/c1-14-10-16(3-2-15-4-6-17(7-5-15)23(25,26)27)12-29-22(14)30-18-8-9-19-20(24)13-28-21(19)11-18/h2-13,28H,1H3,(H,29,30)/b3-2+. The summed E-state index contributed by atoms with van der Waals surface area (Å²) in [6.07, 6.45) is 2.17. The van der Waals surface area contributed by atoms with Crippen molar-refractivity contribution in [3.63, 3.8) is 0 Å². The number of benzene rings is 2. The van der Waals surface area contributed by atoms with Gasteiger partial charge in [0.25, 0.3) is 0 Å². The molecule has 0 amide bonds. The molecular formula is C23H17F4N3. The maximum Gasteiger partial charge on any atom is 0.416 e. The molecule has 0 radical (unpaired) electrons. The van der Waals surface area contributed by atoms with Crippen LogP contribution in [0.25, 0.3) is 23.1 Å². The lowest BCUT2D eigenvalue weighted by molar-refractivity contribution is -0.137. The van der Waals surface area contributed by atoms with Crippen molar-refractivity contribution in [2.75, 3.05) is 5.32 Å². The number of aromatic amines is 1. The number of aromatic nitrogens is 2. The number of hydrogen-bond acceptors (Lipinski definition) is 2. The molecule has 2 N–H and O–H groups in total. The third kappa shape index (κ3) is 4.20. The van der Waals surface area contributed by atoms with Crippen molar-refractivity contribution in [3.05, 3.63) is 89.0 Å². The average molecular weight is 411 g/mol. The first kappa shape index (κ1) is 19.7. The fraction of sp³-hybridized carbons (Fsp3) is 0.0870. The van der Waals surface area contributed by atoms with Crippen molar-refractivity contribution >= 4 is 34.6 Å². The number of halogens is 4. The normalized spacial score (nSPS) is 12.0. The Morgan fingerprint density at radius 3 is 2.40 bits per heavy atom. The van der Waals surface area contributed by atoms with E-state index in [1.807, 2.05) is 13.0 Å². The number of anilines is 2. The van der Waals surface area contributed by atoms with E-state index >= 15 is 0 Å². The number of hydrogen-bond donors (Lipinski definition) is 2. The van der Waals surface area contributed by atoms with Gasteiger partial charge in [0.05, 0.1) is 11.1 Å². The van der Waals surface area contributed by atoms with Gasteiger partial charge in [-0.05, 0) is 60.0 Å². The van der Waals surface area contributed by atoms with E-state index < -0.39 is 11.7 Å². The summed E-state index contributed by atoms with van der Waals surface area (Å²) in [6, 6.07) is 12.2. The zero-order valence-electron chi connectivity index (χ0n) is 15.9. The molecule has 4 aromatic rings. The fourth-order valence-corrected chi connectivity index (χ4v) is 3.10. The Kier molecular flexibility index (Phi) is 5.03. The van der Waals surface area contributed by atoms with Gasteiger partial charge in [-0.3, -0.25) is 0 Å². The predicted octanol–water partition coefficient (Wildman–Crippen LogP) is 6.94. The van der Waals surface area contributed by atoms with Crippen LogP contribution in [0, 0.1) is 12.7 Å². The van der Waals surface area contributed by atoms with Crippen LogP contribution < -0.4 is 5.32 Å². The number of aryl methyl sites for hydroxylation is 1. The van der Waals surface area contributed by atoms with Gasteiger partial charge in [-0.1, -0.05) is 24.3 Å². The Morgan fingerprint density at radius 1 is 0.967 bits per heavy atom. The highest BCUT2D eigenvalue weighted by molar-refractivity contribution is 5.84. The summed E-state index contributed by atoms with van der Waals surface area (Å²) < 4.78 is 51.5. The Morgan fingerprint density at radius 2 is 1.70 bits per heavy atom. The minimum Gasteiger partial charge on any atom is -0.358 e. The highest BCUT2D eigenvalue weighted by Crippen LogP contribution is 2.29. The van der Waals surface area contributed by atoms with E-state index in [4.69, 9.17) is 0 Å². The molecule has 2 aromatic heterocycles. The highest BCUT2D eigenvalue weighted by Gasteiger charge is 2.29. The maximum absolute atomic E-state index is 13.6. The molecule has 2 aromatic carbocycles. The third-order valence-electron chi connectivity index (χ3n) is 4.70. The zero-order chi connectivity index (χ0) is 21.3. The molecule has 0 unspecified atom stereocenters. The topological polar surface area (TPSA) is 40.7 Å². The molecule has 0 spiro atoms. The summed E-state index contributed by atoms with van der Waals surface area (Å²) in [7, 11) is 0. The first-order chi connectivity index (χ1) is 14.3. The van der Waals surface area contributed by atoms with Crippen LogP contribution in [0.3, 0.4) is 0 Å². The van der Waals surface area contributed by atoms with Gasteiger partial charge >= 0.3 is 6.18 Å². The molecule has 0 saturated heterocycles. The zero-order valence-corrected chi connectivity index (χ0v) is 15.9. The molecule has 2 heterocycles. The number of nitrogens with one attached hydrogen (secondary N) is 2. The molecular weight excluding hydrogens is 394 g/mol. The van der Waals surface area contributed by atoms with Gasteiger partial charge in [0.1, 0.15) is 11.6 Å². The molecule has 0 saturated carbocycles. The second kappa shape index (κ2) is 7.67. The Bertz CT molecular complexity index is 1220. The highest BCUT2D eigenvalue weighted by atomic mass is 19.4. The lowest BCUT2D eigenvalue weighted by Gasteiger charge is -2.09. The quantitative estimate of drug-likeness (QED) is 0.357. The number of nitrogens with zero attached hydrogens (tertiary/aromatic N) is 1. The molecule has 4 rings (SSSR count). The van der Waals surface area contributed by atoms with Gasteiger partial charge in [0.15, 0.2) is 0 Å². The molecule has 7 heteroatoms. The van der Waals surface area contributed by atoms with E-state index in [-0.39, 0.29) is 5.82 Å². The summed E-state index contributed by atoms with van der Waals surface area (Å²) in [6.45, 7) is 1.90. The van der Waals surface area contributed by atoms with E-state index in [1.54, 1.807) is 36.5 Å². The van der Waals surface area contributed by atoms with Gasteiger partial charge in [-0.15, -0.1) is 0 Å². The molecule has 3 nitrogen and oxygen atoms in total. The number of H-pyrrole nitrogens is 1. The first-order valence-electron chi connectivity index (χ1n) is 9.15. The van der Waals surface area contributed by atoms with Crippen LogP contribution in [0.4, 0.5) is 29.1 Å². The fourth-order valence-electron chi connectivity index (χ4n) is 3.10. The van der Waals surface area contributed by atoms with Crippen molar-refractivity contribution in [2.24, 2.45) is 0 Å². The van der Waals surface area contributed by atoms with Crippen LogP contribution in [-0.4, -0.2) is 9.97 Å². The van der Waals surface area contributed by atoms with Crippen molar-refractivity contribution in [3.8, 4) is 0 Å².